The number of rotatable bonds is 6. The summed E-state index contributed by atoms with van der Waals surface area (Å²) in [5.41, 5.74) is 2.45. The van der Waals surface area contributed by atoms with Gasteiger partial charge in [0.05, 0.1) is 13.7 Å². The highest BCUT2D eigenvalue weighted by Gasteiger charge is 2.24. The van der Waals surface area contributed by atoms with Crippen molar-refractivity contribution in [3.63, 3.8) is 0 Å². The van der Waals surface area contributed by atoms with E-state index in [0.29, 0.717) is 5.56 Å². The van der Waals surface area contributed by atoms with E-state index in [1.54, 1.807) is 12.1 Å². The van der Waals surface area contributed by atoms with E-state index in [4.69, 9.17) is 9.84 Å². The van der Waals surface area contributed by atoms with E-state index in [1.165, 1.54) is 7.11 Å². The van der Waals surface area contributed by atoms with E-state index in [0.717, 1.165) is 11.1 Å². The number of benzene rings is 1. The molecule has 3 N–H and O–H groups in total. The first-order valence-corrected chi connectivity index (χ1v) is 7.26. The highest BCUT2D eigenvalue weighted by atomic mass is 16.5. The van der Waals surface area contributed by atoms with Crippen LogP contribution >= 0.6 is 0 Å². The Labute approximate surface area is 138 Å². The molecule has 0 aliphatic heterocycles. The summed E-state index contributed by atoms with van der Waals surface area (Å²) < 4.78 is 9.88. The molecule has 1 aromatic heterocycles. The van der Waals surface area contributed by atoms with E-state index in [1.807, 2.05) is 19.9 Å². The molecule has 1 heterocycles. The zero-order valence-electron chi connectivity index (χ0n) is 13.7. The molecule has 0 bridgehead atoms. The van der Waals surface area contributed by atoms with Gasteiger partial charge in [-0.05, 0) is 37.1 Å². The number of methoxy groups -OCH3 is 1. The van der Waals surface area contributed by atoms with Gasteiger partial charge in [0, 0.05) is 5.56 Å². The summed E-state index contributed by atoms with van der Waals surface area (Å²) in [6.45, 7) is 3.59. The second-order valence-corrected chi connectivity index (χ2v) is 5.09. The van der Waals surface area contributed by atoms with E-state index in [2.05, 4.69) is 20.3 Å². The fraction of sp³-hybridized carbons (Fsp3) is 0.312. The summed E-state index contributed by atoms with van der Waals surface area (Å²) in [6, 6.07) is 5.27. The molecule has 8 nitrogen and oxygen atoms in total. The van der Waals surface area contributed by atoms with E-state index < -0.39 is 11.9 Å². The lowest BCUT2D eigenvalue weighted by Gasteiger charge is -2.07. The van der Waals surface area contributed by atoms with Gasteiger partial charge in [-0.3, -0.25) is 4.79 Å². The number of carbonyl (C=O) groups excluding carboxylic acids is 2. The molecule has 0 atom stereocenters. The second-order valence-electron chi connectivity index (χ2n) is 5.09. The van der Waals surface area contributed by atoms with E-state index in [9.17, 15) is 9.59 Å². The van der Waals surface area contributed by atoms with E-state index >= 15 is 0 Å². The molecule has 2 aromatic rings. The Kier molecular flexibility index (Phi) is 5.54. The summed E-state index contributed by atoms with van der Waals surface area (Å²) in [5.74, 6) is -1.11. The largest absolute Gasteiger partial charge is 0.475 e. The Hall–Kier alpha value is -2.87. The topological polar surface area (TPSA) is 114 Å². The fourth-order valence-electron chi connectivity index (χ4n) is 2.02. The number of nitrogens with zero attached hydrogens (tertiary/aromatic N) is 1. The molecule has 0 fully saturated rings. The molecule has 1 amide bonds. The number of carbonyl (C=O) groups is 2. The maximum atomic E-state index is 12.4. The standard InChI is InChI=1S/C16H19N3O5/c1-9-4-5-11(8-10(9)2)14(21)17-13-12(16(22)23-3)15(19-18-13)24-7-6-20/h4-5,8,20H,6-7H2,1-3H3,(H2,17,18,19,21). The minimum Gasteiger partial charge on any atom is -0.475 e. The van der Waals surface area contributed by atoms with Gasteiger partial charge in [0.15, 0.2) is 11.4 Å². The molecule has 128 valence electrons. The van der Waals surface area contributed by atoms with Crippen LogP contribution in [0.1, 0.15) is 31.8 Å². The van der Waals surface area contributed by atoms with Crippen LogP contribution in [0.3, 0.4) is 0 Å². The monoisotopic (exact) mass is 333 g/mol. The van der Waals surface area contributed by atoms with Crippen molar-refractivity contribution >= 4 is 17.7 Å². The number of hydrogen-bond donors (Lipinski definition) is 3. The average Bonchev–Trinajstić information content (AvgIpc) is 2.97. The minimum absolute atomic E-state index is 0.00184. The summed E-state index contributed by atoms with van der Waals surface area (Å²) in [6.07, 6.45) is 0. The van der Waals surface area contributed by atoms with Crippen LogP contribution in [0.4, 0.5) is 5.82 Å². The van der Waals surface area contributed by atoms with Crippen LogP contribution in [0.5, 0.6) is 5.88 Å². The van der Waals surface area contributed by atoms with Gasteiger partial charge in [0.1, 0.15) is 6.61 Å². The number of aryl methyl sites for hydroxylation is 2. The first-order valence-electron chi connectivity index (χ1n) is 7.26. The molecule has 1 aromatic carbocycles. The second kappa shape index (κ2) is 7.60. The Morgan fingerprint density at radius 1 is 1.29 bits per heavy atom. The number of esters is 1. The van der Waals surface area contributed by atoms with Gasteiger partial charge in [-0.15, -0.1) is 0 Å². The Morgan fingerprint density at radius 2 is 2.04 bits per heavy atom. The molecule has 0 aliphatic rings. The van der Waals surface area contributed by atoms with Crippen molar-refractivity contribution in [3.05, 3.63) is 40.5 Å². The number of hydrogen-bond acceptors (Lipinski definition) is 6. The Bertz CT molecular complexity index is 754. The maximum Gasteiger partial charge on any atom is 0.347 e. The normalized spacial score (nSPS) is 10.3. The third kappa shape index (κ3) is 3.72. The molecule has 0 unspecified atom stereocenters. The predicted octanol–water partition coefficient (Wildman–Crippen LogP) is 1.44. The summed E-state index contributed by atoms with van der Waals surface area (Å²) in [4.78, 5) is 24.3. The highest BCUT2D eigenvalue weighted by molar-refractivity contribution is 6.08. The molecular weight excluding hydrogens is 314 g/mol. The number of aromatic nitrogens is 2. The smallest absolute Gasteiger partial charge is 0.347 e. The van der Waals surface area contributed by atoms with Crippen LogP contribution in [0.25, 0.3) is 0 Å². The van der Waals surface area contributed by atoms with Gasteiger partial charge in [0.2, 0.25) is 5.88 Å². The zero-order chi connectivity index (χ0) is 17.7. The van der Waals surface area contributed by atoms with Gasteiger partial charge >= 0.3 is 5.97 Å². The fourth-order valence-corrected chi connectivity index (χ4v) is 2.02. The molecule has 24 heavy (non-hydrogen) atoms. The van der Waals surface area contributed by atoms with Crippen LogP contribution in [-0.2, 0) is 4.74 Å². The summed E-state index contributed by atoms with van der Waals surface area (Å²) >= 11 is 0. The summed E-state index contributed by atoms with van der Waals surface area (Å²) in [5, 5.41) is 17.8. The molecule has 0 aliphatic carbocycles. The number of H-pyrrole nitrogens is 1. The van der Waals surface area contributed by atoms with Crippen molar-refractivity contribution in [1.29, 1.82) is 0 Å². The molecule has 0 saturated carbocycles. The summed E-state index contributed by atoms with van der Waals surface area (Å²) in [7, 11) is 1.21. The van der Waals surface area contributed by atoms with Gasteiger partial charge in [-0.1, -0.05) is 6.07 Å². The van der Waals surface area contributed by atoms with Gasteiger partial charge in [-0.2, -0.15) is 5.10 Å². The molecule has 0 spiro atoms. The molecule has 0 saturated heterocycles. The Balaban J connectivity index is 2.27. The van der Waals surface area contributed by atoms with Crippen LogP contribution < -0.4 is 10.1 Å². The van der Waals surface area contributed by atoms with Crippen molar-refractivity contribution in [2.75, 3.05) is 25.6 Å². The average molecular weight is 333 g/mol. The van der Waals surface area contributed by atoms with Crippen molar-refractivity contribution in [3.8, 4) is 5.88 Å². The number of aliphatic hydroxyl groups excluding tert-OH is 1. The van der Waals surface area contributed by atoms with Crippen LogP contribution in [0, 0.1) is 13.8 Å². The third-order valence-electron chi connectivity index (χ3n) is 3.46. The van der Waals surface area contributed by atoms with Crippen LogP contribution in [-0.4, -0.2) is 47.5 Å². The minimum atomic E-state index is -0.716. The van der Waals surface area contributed by atoms with Crippen molar-refractivity contribution in [2.24, 2.45) is 0 Å². The maximum absolute atomic E-state index is 12.4. The predicted molar refractivity (Wildman–Crippen MR) is 86.4 cm³/mol. The van der Waals surface area contributed by atoms with Crippen LogP contribution in [0.15, 0.2) is 18.2 Å². The quantitative estimate of drug-likeness (QED) is 0.689. The SMILES string of the molecule is COC(=O)c1c(NC(=O)c2ccc(C)c(C)c2)n[nH]c1OCCO. The lowest BCUT2D eigenvalue weighted by Crippen LogP contribution is -2.16. The number of anilines is 1. The first-order chi connectivity index (χ1) is 11.5. The lowest BCUT2D eigenvalue weighted by molar-refractivity contribution is 0.0596. The number of ether oxygens (including phenoxy) is 2. The zero-order valence-corrected chi connectivity index (χ0v) is 13.7. The van der Waals surface area contributed by atoms with Crippen molar-refractivity contribution in [2.45, 2.75) is 13.8 Å². The molecule has 8 heteroatoms. The van der Waals surface area contributed by atoms with Gasteiger partial charge < -0.3 is 19.9 Å². The van der Waals surface area contributed by atoms with Gasteiger partial charge in [-0.25, -0.2) is 9.89 Å². The van der Waals surface area contributed by atoms with Crippen LogP contribution in [0.2, 0.25) is 0 Å². The number of aliphatic hydroxyl groups is 1. The molecule has 0 radical (unpaired) electrons. The highest BCUT2D eigenvalue weighted by Crippen LogP contribution is 2.25. The van der Waals surface area contributed by atoms with E-state index in [-0.39, 0.29) is 30.5 Å². The number of amides is 1. The first kappa shape index (κ1) is 17.5. The lowest BCUT2D eigenvalue weighted by atomic mass is 10.1. The number of aromatic amines is 1. The molecule has 2 rings (SSSR count). The third-order valence-corrected chi connectivity index (χ3v) is 3.46. The Morgan fingerprint density at radius 3 is 2.67 bits per heavy atom. The molecular formula is C16H19N3O5. The number of nitrogens with one attached hydrogen (secondary N) is 2. The van der Waals surface area contributed by atoms with Crippen molar-refractivity contribution < 1.29 is 24.2 Å². The van der Waals surface area contributed by atoms with Crippen molar-refractivity contribution in [1.82, 2.24) is 10.2 Å². The van der Waals surface area contributed by atoms with Gasteiger partial charge in [0.25, 0.3) is 5.91 Å².